The first-order valence-corrected chi connectivity index (χ1v) is 13.1. The minimum absolute atomic E-state index is 0.199. The molecule has 38 heavy (non-hydrogen) atoms. The zero-order valence-electron chi connectivity index (χ0n) is 20.9. The van der Waals surface area contributed by atoms with Crippen molar-refractivity contribution in [3.63, 3.8) is 0 Å². The van der Waals surface area contributed by atoms with Crippen molar-refractivity contribution in [1.29, 1.82) is 0 Å². The molecule has 0 spiro atoms. The van der Waals surface area contributed by atoms with Crippen LogP contribution in [0.3, 0.4) is 0 Å². The Morgan fingerprint density at radius 1 is 0.974 bits per heavy atom. The van der Waals surface area contributed by atoms with Crippen molar-refractivity contribution in [2.24, 2.45) is 4.99 Å². The average Bonchev–Trinajstić information content (AvgIpc) is 2.91. The first-order valence-electron chi connectivity index (χ1n) is 11.9. The number of para-hydroxylation sites is 1. The number of halogens is 2. The summed E-state index contributed by atoms with van der Waals surface area (Å²) >= 11 is 9.68. The Bertz CT molecular complexity index is 1430. The number of aliphatic imine (C=N–C) groups is 1. The predicted octanol–water partition coefficient (Wildman–Crippen LogP) is 8.37. The van der Waals surface area contributed by atoms with Gasteiger partial charge in [-0.2, -0.15) is 0 Å². The molecule has 1 amide bonds. The summed E-state index contributed by atoms with van der Waals surface area (Å²) in [6.07, 6.45) is 1.73. The molecule has 0 heterocycles. The summed E-state index contributed by atoms with van der Waals surface area (Å²) in [5, 5.41) is 3.37. The van der Waals surface area contributed by atoms with Crippen LogP contribution in [-0.2, 0) is 4.79 Å². The van der Waals surface area contributed by atoms with Gasteiger partial charge in [0, 0.05) is 16.9 Å². The van der Waals surface area contributed by atoms with Crippen LogP contribution in [0.4, 0.5) is 11.4 Å². The number of anilines is 1. The van der Waals surface area contributed by atoms with Gasteiger partial charge in [0.25, 0.3) is 5.91 Å². The Hall–Kier alpha value is -3.81. The molecule has 0 aliphatic heterocycles. The molecule has 0 aromatic heterocycles. The maximum absolute atomic E-state index is 12.4. The molecule has 8 heteroatoms. The molecule has 0 atom stereocenters. The summed E-state index contributed by atoms with van der Waals surface area (Å²) in [7, 11) is 0. The van der Waals surface area contributed by atoms with Gasteiger partial charge >= 0.3 is 0 Å². The summed E-state index contributed by atoms with van der Waals surface area (Å²) in [6, 6.07) is 26.1. The number of hydrogen-bond donors (Lipinski definition) is 1. The van der Waals surface area contributed by atoms with E-state index < -0.39 is 0 Å². The van der Waals surface area contributed by atoms with Crippen LogP contribution in [0.15, 0.2) is 94.4 Å². The van der Waals surface area contributed by atoms with Crippen molar-refractivity contribution in [2.45, 2.75) is 13.8 Å². The summed E-state index contributed by atoms with van der Waals surface area (Å²) < 4.78 is 18.1. The number of hydrogen-bond acceptors (Lipinski definition) is 5. The lowest BCUT2D eigenvalue weighted by Crippen LogP contribution is -2.20. The van der Waals surface area contributed by atoms with E-state index in [1.165, 1.54) is 0 Å². The molecular weight excluding hydrogens is 568 g/mol. The standard InChI is InChI=1S/C30H26BrClN2O4/c1-3-36-28-16-21(18-33-22-11-13-25(14-12-22)38-24-7-5-4-6-8-24)15-26(31)30(28)37-19-29(35)34-23-10-9-20(2)27(32)17-23/h4-18H,3,19H2,1-2H3,(H,34,35). The van der Waals surface area contributed by atoms with Crippen molar-refractivity contribution >= 4 is 51.0 Å². The van der Waals surface area contributed by atoms with Crippen LogP contribution in [0.2, 0.25) is 5.02 Å². The highest BCUT2D eigenvalue weighted by molar-refractivity contribution is 9.10. The third-order valence-corrected chi connectivity index (χ3v) is 6.31. The summed E-state index contributed by atoms with van der Waals surface area (Å²) in [6.45, 7) is 4.01. The van der Waals surface area contributed by atoms with Gasteiger partial charge in [0.1, 0.15) is 11.5 Å². The third-order valence-electron chi connectivity index (χ3n) is 5.31. The highest BCUT2D eigenvalue weighted by Crippen LogP contribution is 2.37. The fourth-order valence-electron chi connectivity index (χ4n) is 3.44. The Labute approximate surface area is 235 Å². The molecule has 4 aromatic rings. The topological polar surface area (TPSA) is 69.1 Å². The fourth-order valence-corrected chi connectivity index (χ4v) is 4.20. The number of rotatable bonds is 10. The lowest BCUT2D eigenvalue weighted by atomic mass is 10.2. The highest BCUT2D eigenvalue weighted by atomic mass is 79.9. The maximum atomic E-state index is 12.4. The second-order valence-electron chi connectivity index (χ2n) is 8.23. The predicted molar refractivity (Wildman–Crippen MR) is 156 cm³/mol. The molecule has 0 aliphatic rings. The van der Waals surface area contributed by atoms with E-state index in [4.69, 9.17) is 25.8 Å². The second-order valence-corrected chi connectivity index (χ2v) is 9.49. The summed E-state index contributed by atoms with van der Waals surface area (Å²) in [5.41, 5.74) is 3.11. The number of benzene rings is 4. The molecule has 0 bridgehead atoms. The van der Waals surface area contributed by atoms with Crippen molar-refractivity contribution in [3.05, 3.63) is 106 Å². The van der Waals surface area contributed by atoms with Gasteiger partial charge in [0.15, 0.2) is 18.1 Å². The molecule has 0 radical (unpaired) electrons. The first-order chi connectivity index (χ1) is 18.4. The number of aryl methyl sites for hydroxylation is 1. The lowest BCUT2D eigenvalue weighted by Gasteiger charge is -2.15. The minimum Gasteiger partial charge on any atom is -0.490 e. The van der Waals surface area contributed by atoms with Gasteiger partial charge in [0.05, 0.1) is 16.8 Å². The van der Waals surface area contributed by atoms with Crippen LogP contribution in [0, 0.1) is 6.92 Å². The van der Waals surface area contributed by atoms with Crippen LogP contribution in [0.25, 0.3) is 0 Å². The molecule has 0 unspecified atom stereocenters. The van der Waals surface area contributed by atoms with E-state index in [2.05, 4.69) is 26.2 Å². The molecule has 194 valence electrons. The number of ether oxygens (including phenoxy) is 3. The number of carbonyl (C=O) groups excluding carboxylic acids is 1. The lowest BCUT2D eigenvalue weighted by molar-refractivity contribution is -0.118. The van der Waals surface area contributed by atoms with Crippen LogP contribution < -0.4 is 19.5 Å². The molecule has 0 aliphatic carbocycles. The van der Waals surface area contributed by atoms with Crippen LogP contribution in [-0.4, -0.2) is 25.3 Å². The zero-order valence-corrected chi connectivity index (χ0v) is 23.3. The van der Waals surface area contributed by atoms with E-state index in [-0.39, 0.29) is 12.5 Å². The Kier molecular flexibility index (Phi) is 9.40. The number of amides is 1. The quantitative estimate of drug-likeness (QED) is 0.188. The van der Waals surface area contributed by atoms with Crippen molar-refractivity contribution in [3.8, 4) is 23.0 Å². The summed E-state index contributed by atoms with van der Waals surface area (Å²) in [5.74, 6) is 2.12. The minimum atomic E-state index is -0.315. The van der Waals surface area contributed by atoms with Gasteiger partial charge in [-0.15, -0.1) is 0 Å². The average molecular weight is 594 g/mol. The molecule has 6 nitrogen and oxygen atoms in total. The molecule has 4 rings (SSSR count). The molecule has 1 N–H and O–H groups in total. The van der Waals surface area contributed by atoms with Crippen LogP contribution >= 0.6 is 27.5 Å². The molecule has 0 saturated heterocycles. The largest absolute Gasteiger partial charge is 0.490 e. The van der Waals surface area contributed by atoms with Gasteiger partial charge in [-0.1, -0.05) is 35.9 Å². The highest BCUT2D eigenvalue weighted by Gasteiger charge is 2.14. The Morgan fingerprint density at radius 3 is 2.42 bits per heavy atom. The Balaban J connectivity index is 1.41. The van der Waals surface area contributed by atoms with Gasteiger partial charge in [0.2, 0.25) is 0 Å². The fraction of sp³-hybridized carbons (Fsp3) is 0.133. The molecule has 0 saturated carbocycles. The van der Waals surface area contributed by atoms with E-state index >= 15 is 0 Å². The monoisotopic (exact) mass is 592 g/mol. The summed E-state index contributed by atoms with van der Waals surface area (Å²) in [4.78, 5) is 17.0. The third kappa shape index (κ3) is 7.60. The molecule has 0 fully saturated rings. The van der Waals surface area contributed by atoms with E-state index in [1.54, 1.807) is 18.3 Å². The van der Waals surface area contributed by atoms with Gasteiger partial charge < -0.3 is 19.5 Å². The molecular formula is C30H26BrClN2O4. The maximum Gasteiger partial charge on any atom is 0.262 e. The van der Waals surface area contributed by atoms with Gasteiger partial charge in [-0.3, -0.25) is 9.79 Å². The van der Waals surface area contributed by atoms with Gasteiger partial charge in [-0.05, 0) is 102 Å². The number of nitrogens with one attached hydrogen (secondary N) is 1. The zero-order chi connectivity index (χ0) is 26.9. The van der Waals surface area contributed by atoms with Crippen molar-refractivity contribution in [1.82, 2.24) is 0 Å². The van der Waals surface area contributed by atoms with Crippen LogP contribution in [0.5, 0.6) is 23.0 Å². The van der Waals surface area contributed by atoms with Crippen LogP contribution in [0.1, 0.15) is 18.1 Å². The van der Waals surface area contributed by atoms with Gasteiger partial charge in [-0.25, -0.2) is 0 Å². The van der Waals surface area contributed by atoms with E-state index in [1.807, 2.05) is 86.6 Å². The smallest absolute Gasteiger partial charge is 0.262 e. The SMILES string of the molecule is CCOc1cc(C=Nc2ccc(Oc3ccccc3)cc2)cc(Br)c1OCC(=O)Nc1ccc(C)c(Cl)c1. The number of nitrogens with zero attached hydrogens (tertiary/aromatic N) is 1. The van der Waals surface area contributed by atoms with Crippen molar-refractivity contribution < 1.29 is 19.0 Å². The van der Waals surface area contributed by atoms with E-state index in [0.717, 1.165) is 28.3 Å². The van der Waals surface area contributed by atoms with E-state index in [9.17, 15) is 4.79 Å². The normalized spacial score (nSPS) is 10.8. The van der Waals surface area contributed by atoms with E-state index in [0.29, 0.717) is 33.3 Å². The molecule has 4 aromatic carbocycles. The second kappa shape index (κ2) is 13.1. The number of carbonyl (C=O) groups is 1. The van der Waals surface area contributed by atoms with Crippen molar-refractivity contribution in [2.75, 3.05) is 18.5 Å². The first kappa shape index (κ1) is 27.2. The Morgan fingerprint density at radius 2 is 1.71 bits per heavy atom.